The van der Waals surface area contributed by atoms with E-state index < -0.39 is 11.8 Å². The summed E-state index contributed by atoms with van der Waals surface area (Å²) in [5, 5.41) is 9.97. The van der Waals surface area contributed by atoms with E-state index in [9.17, 15) is 9.59 Å². The molecule has 2 rings (SSSR count). The lowest BCUT2D eigenvalue weighted by atomic mass is 10.1. The molecule has 0 radical (unpaired) electrons. The molecule has 0 atom stereocenters. The van der Waals surface area contributed by atoms with Crippen LogP contribution in [0.1, 0.15) is 5.56 Å². The van der Waals surface area contributed by atoms with Crippen LogP contribution >= 0.6 is 34.8 Å². The Hall–Kier alpha value is -1.69. The van der Waals surface area contributed by atoms with Crippen molar-refractivity contribution in [2.75, 3.05) is 0 Å². The van der Waals surface area contributed by atoms with Crippen molar-refractivity contribution in [1.82, 2.24) is 5.32 Å². The van der Waals surface area contributed by atoms with Crippen molar-refractivity contribution in [3.8, 4) is 0 Å². The van der Waals surface area contributed by atoms with Gasteiger partial charge >= 0.3 is 0 Å². The van der Waals surface area contributed by atoms with Crippen molar-refractivity contribution < 1.29 is 9.59 Å². The van der Waals surface area contributed by atoms with Gasteiger partial charge in [-0.05, 0) is 18.2 Å². The van der Waals surface area contributed by atoms with Crippen LogP contribution in [0.4, 0.5) is 0 Å². The van der Waals surface area contributed by atoms with Gasteiger partial charge in [-0.15, -0.1) is 10.2 Å². The standard InChI is InChI=1S/C12H6Cl3N3O2/c1-2-8(19)16-11-10(12(20)18-17-11)9-6(14)3-5(13)4-7(9)15/h2-4H,1H2,(H,16,19). The number of rotatable bonds is 3. The first-order chi connectivity index (χ1) is 9.43. The van der Waals surface area contributed by atoms with E-state index in [-0.39, 0.29) is 27.0 Å². The molecule has 20 heavy (non-hydrogen) atoms. The third kappa shape index (κ3) is 2.75. The van der Waals surface area contributed by atoms with Crippen LogP contribution in [0.5, 0.6) is 0 Å². The largest absolute Gasteiger partial charge is 0.305 e. The normalized spacial score (nSPS) is 13.8. The average Bonchev–Trinajstić information content (AvgIpc) is 2.70. The predicted octanol–water partition coefficient (Wildman–Crippen LogP) is 3.61. The maximum atomic E-state index is 11.8. The fourth-order valence-corrected chi connectivity index (χ4v) is 2.56. The van der Waals surface area contributed by atoms with Crippen LogP contribution in [0.3, 0.4) is 0 Å². The number of amides is 2. The van der Waals surface area contributed by atoms with Gasteiger partial charge in [0.25, 0.3) is 5.91 Å². The molecule has 5 nitrogen and oxygen atoms in total. The second-order valence-corrected chi connectivity index (χ2v) is 4.92. The number of carbonyl (C=O) groups excluding carboxylic acids is 2. The maximum Gasteiger partial charge on any atom is 0.300 e. The average molecular weight is 331 g/mol. The fraction of sp³-hybridized carbons (Fsp3) is 0. The van der Waals surface area contributed by atoms with Gasteiger partial charge in [0.15, 0.2) is 5.82 Å². The van der Waals surface area contributed by atoms with Crippen LogP contribution in [0.25, 0.3) is 5.57 Å². The highest BCUT2D eigenvalue weighted by molar-refractivity contribution is 6.43. The summed E-state index contributed by atoms with van der Waals surface area (Å²) in [6.07, 6.45) is 1.04. The molecule has 102 valence electrons. The van der Waals surface area contributed by atoms with Gasteiger partial charge in [0.2, 0.25) is 5.91 Å². The van der Waals surface area contributed by atoms with E-state index in [1.165, 1.54) is 12.1 Å². The van der Waals surface area contributed by atoms with Crippen molar-refractivity contribution in [1.29, 1.82) is 0 Å². The number of hydrogen-bond acceptors (Lipinski definition) is 3. The summed E-state index contributed by atoms with van der Waals surface area (Å²) in [6, 6.07) is 2.85. The minimum Gasteiger partial charge on any atom is -0.305 e. The molecule has 1 aliphatic heterocycles. The lowest BCUT2D eigenvalue weighted by molar-refractivity contribution is -0.115. The molecular weight excluding hydrogens is 325 g/mol. The zero-order chi connectivity index (χ0) is 14.9. The molecule has 8 heteroatoms. The zero-order valence-corrected chi connectivity index (χ0v) is 12.1. The SMILES string of the molecule is C=CC(=O)NC1=C(c2c(Cl)cc(Cl)cc2Cl)C(=O)N=N1. The Morgan fingerprint density at radius 3 is 2.35 bits per heavy atom. The summed E-state index contributed by atoms with van der Waals surface area (Å²) < 4.78 is 0. The molecule has 0 aliphatic carbocycles. The molecule has 0 aromatic heterocycles. The molecule has 1 N–H and O–H groups in total. The molecule has 0 unspecified atom stereocenters. The number of nitrogens with one attached hydrogen (secondary N) is 1. The van der Waals surface area contributed by atoms with E-state index in [1.807, 2.05) is 0 Å². The van der Waals surface area contributed by atoms with E-state index in [0.29, 0.717) is 5.02 Å². The number of benzene rings is 1. The van der Waals surface area contributed by atoms with Crippen molar-refractivity contribution in [3.63, 3.8) is 0 Å². The van der Waals surface area contributed by atoms with Crippen LogP contribution < -0.4 is 5.32 Å². The molecule has 0 bridgehead atoms. The summed E-state index contributed by atoms with van der Waals surface area (Å²) in [6.45, 7) is 3.30. The minimum atomic E-state index is -0.657. The Kier molecular flexibility index (Phi) is 4.23. The number of nitrogens with zero attached hydrogens (tertiary/aromatic N) is 2. The van der Waals surface area contributed by atoms with E-state index in [2.05, 4.69) is 22.1 Å². The highest BCUT2D eigenvalue weighted by atomic mass is 35.5. The van der Waals surface area contributed by atoms with Gasteiger partial charge in [-0.3, -0.25) is 9.59 Å². The molecule has 2 amide bonds. The Labute approximate surface area is 128 Å². The quantitative estimate of drug-likeness (QED) is 0.860. The van der Waals surface area contributed by atoms with Gasteiger partial charge in [0, 0.05) is 10.6 Å². The minimum absolute atomic E-state index is 0.00636. The third-order valence-electron chi connectivity index (χ3n) is 2.38. The summed E-state index contributed by atoms with van der Waals surface area (Å²) in [7, 11) is 0. The number of hydrogen-bond donors (Lipinski definition) is 1. The molecule has 1 aliphatic rings. The first kappa shape index (κ1) is 14.7. The maximum absolute atomic E-state index is 11.8. The first-order valence-electron chi connectivity index (χ1n) is 5.22. The number of carbonyl (C=O) groups is 2. The monoisotopic (exact) mass is 329 g/mol. The van der Waals surface area contributed by atoms with Crippen LogP contribution in [0.15, 0.2) is 40.8 Å². The molecule has 1 aromatic carbocycles. The van der Waals surface area contributed by atoms with Gasteiger partial charge < -0.3 is 5.32 Å². The lowest BCUT2D eigenvalue weighted by Gasteiger charge is -2.09. The Bertz CT molecular complexity index is 672. The predicted molar refractivity (Wildman–Crippen MR) is 76.6 cm³/mol. The molecule has 0 saturated heterocycles. The van der Waals surface area contributed by atoms with Gasteiger partial charge in [0.05, 0.1) is 15.6 Å². The smallest absolute Gasteiger partial charge is 0.300 e. The van der Waals surface area contributed by atoms with Crippen LogP contribution in [0, 0.1) is 0 Å². The number of halogens is 3. The highest BCUT2D eigenvalue weighted by Gasteiger charge is 2.28. The Balaban J connectivity index is 2.59. The van der Waals surface area contributed by atoms with Crippen molar-refractivity contribution in [2.24, 2.45) is 10.2 Å². The fourth-order valence-electron chi connectivity index (χ4n) is 1.56. The van der Waals surface area contributed by atoms with Crippen molar-refractivity contribution >= 4 is 52.2 Å². The molecule has 0 saturated carbocycles. The molecule has 1 aromatic rings. The topological polar surface area (TPSA) is 70.9 Å². The Morgan fingerprint density at radius 2 is 1.80 bits per heavy atom. The highest BCUT2D eigenvalue weighted by Crippen LogP contribution is 2.37. The summed E-state index contributed by atoms with van der Waals surface area (Å²) >= 11 is 17.9. The summed E-state index contributed by atoms with van der Waals surface area (Å²) in [5.41, 5.74) is 0.221. The van der Waals surface area contributed by atoms with Crippen molar-refractivity contribution in [2.45, 2.75) is 0 Å². The summed E-state index contributed by atoms with van der Waals surface area (Å²) in [4.78, 5) is 23.1. The lowest BCUT2D eigenvalue weighted by Crippen LogP contribution is -2.20. The van der Waals surface area contributed by atoms with Gasteiger partial charge in [0.1, 0.15) is 0 Å². The first-order valence-corrected chi connectivity index (χ1v) is 6.36. The van der Waals surface area contributed by atoms with Crippen LogP contribution in [-0.2, 0) is 9.59 Å². The molecule has 1 heterocycles. The second kappa shape index (κ2) is 5.75. The Morgan fingerprint density at radius 1 is 1.20 bits per heavy atom. The number of azo groups is 1. The van der Waals surface area contributed by atoms with Crippen LogP contribution in [0.2, 0.25) is 15.1 Å². The molecule has 0 fully saturated rings. The summed E-state index contributed by atoms with van der Waals surface area (Å²) in [5.74, 6) is -1.23. The molecule has 0 spiro atoms. The van der Waals surface area contributed by atoms with Crippen molar-refractivity contribution in [3.05, 3.63) is 51.2 Å². The van der Waals surface area contributed by atoms with Crippen LogP contribution in [-0.4, -0.2) is 11.8 Å². The van der Waals surface area contributed by atoms with E-state index in [0.717, 1.165) is 6.08 Å². The van der Waals surface area contributed by atoms with E-state index in [4.69, 9.17) is 34.8 Å². The van der Waals surface area contributed by atoms with E-state index in [1.54, 1.807) is 0 Å². The third-order valence-corrected chi connectivity index (χ3v) is 3.19. The second-order valence-electron chi connectivity index (χ2n) is 3.67. The molecular formula is C12H6Cl3N3O2. The van der Waals surface area contributed by atoms with Gasteiger partial charge in [-0.2, -0.15) is 0 Å². The zero-order valence-electron chi connectivity index (χ0n) is 9.78. The van der Waals surface area contributed by atoms with Gasteiger partial charge in [-0.25, -0.2) is 0 Å². The van der Waals surface area contributed by atoms with E-state index >= 15 is 0 Å². The van der Waals surface area contributed by atoms with Gasteiger partial charge in [-0.1, -0.05) is 41.4 Å².